The van der Waals surface area contributed by atoms with Crippen molar-refractivity contribution in [3.63, 3.8) is 0 Å². The van der Waals surface area contributed by atoms with E-state index in [0.717, 1.165) is 18.4 Å². The standard InChI is InChI=1S/C14H18INO2/c1-2-3-4-5-12-14-8-9(16-12)6-11(15)10(14)7-13(17)18-14/h6-7,9,12,16H,2-5,8H2,1H3/t9-,12-,14+/m1/s1. The molecule has 1 fully saturated rings. The van der Waals surface area contributed by atoms with E-state index < -0.39 is 0 Å². The summed E-state index contributed by atoms with van der Waals surface area (Å²) >= 11 is 2.32. The molecule has 3 rings (SSSR count). The van der Waals surface area contributed by atoms with Crippen molar-refractivity contribution < 1.29 is 9.53 Å². The highest BCUT2D eigenvalue weighted by Gasteiger charge is 2.57. The van der Waals surface area contributed by atoms with Gasteiger partial charge in [-0.2, -0.15) is 0 Å². The molecule has 1 spiro atoms. The number of hydrogen-bond acceptors (Lipinski definition) is 3. The van der Waals surface area contributed by atoms with Crippen LogP contribution in [-0.4, -0.2) is 23.7 Å². The molecule has 0 aromatic carbocycles. The third-order valence-electron chi connectivity index (χ3n) is 4.20. The van der Waals surface area contributed by atoms with Crippen LogP contribution in [0.3, 0.4) is 0 Å². The van der Waals surface area contributed by atoms with Gasteiger partial charge in [0.2, 0.25) is 0 Å². The van der Waals surface area contributed by atoms with Gasteiger partial charge < -0.3 is 10.1 Å². The molecular weight excluding hydrogens is 341 g/mol. The molecule has 0 unspecified atom stereocenters. The van der Waals surface area contributed by atoms with Crippen molar-refractivity contribution in [3.05, 3.63) is 21.3 Å². The Morgan fingerprint density at radius 2 is 2.39 bits per heavy atom. The third kappa shape index (κ3) is 1.84. The first-order valence-corrected chi connectivity index (χ1v) is 7.82. The van der Waals surface area contributed by atoms with Gasteiger partial charge in [-0.05, 0) is 29.0 Å². The van der Waals surface area contributed by atoms with E-state index in [9.17, 15) is 4.79 Å². The predicted octanol–water partition coefficient (Wildman–Crippen LogP) is 2.85. The molecule has 3 atom stereocenters. The highest BCUT2D eigenvalue weighted by molar-refractivity contribution is 14.1. The SMILES string of the molecule is CCCCC[C@H]1N[C@@H]2C=C(I)C3=CC(=O)O[C@@]31C2. The van der Waals surface area contributed by atoms with Gasteiger partial charge in [0, 0.05) is 27.7 Å². The van der Waals surface area contributed by atoms with E-state index >= 15 is 0 Å². The molecule has 0 amide bonds. The quantitative estimate of drug-likeness (QED) is 0.477. The Bertz CT molecular complexity index is 443. The number of halogens is 1. The van der Waals surface area contributed by atoms with E-state index in [2.05, 4.69) is 40.9 Å². The molecule has 2 bridgehead atoms. The molecule has 1 saturated heterocycles. The number of ether oxygens (including phenoxy) is 1. The van der Waals surface area contributed by atoms with Crippen LogP contribution in [0.1, 0.15) is 39.0 Å². The Morgan fingerprint density at radius 1 is 1.56 bits per heavy atom. The van der Waals surface area contributed by atoms with Crippen molar-refractivity contribution in [1.29, 1.82) is 0 Å². The first kappa shape index (κ1) is 12.7. The molecule has 0 aromatic rings. The van der Waals surface area contributed by atoms with Gasteiger partial charge in [-0.25, -0.2) is 4.79 Å². The number of unbranched alkanes of at least 4 members (excludes halogenated alkanes) is 2. The number of esters is 1. The van der Waals surface area contributed by atoms with E-state index in [1.807, 2.05) is 0 Å². The summed E-state index contributed by atoms with van der Waals surface area (Å²) in [6.07, 6.45) is 9.59. The molecule has 2 heterocycles. The zero-order valence-corrected chi connectivity index (χ0v) is 12.7. The maximum atomic E-state index is 11.7. The fraction of sp³-hybridized carbons (Fsp3) is 0.643. The number of fused-ring (bicyclic) bond motifs is 1. The Kier molecular flexibility index (Phi) is 3.26. The fourth-order valence-corrected chi connectivity index (χ4v) is 4.44. The van der Waals surface area contributed by atoms with Crippen molar-refractivity contribution in [3.8, 4) is 0 Å². The number of carbonyl (C=O) groups is 1. The van der Waals surface area contributed by atoms with Crippen LogP contribution in [0.4, 0.5) is 0 Å². The first-order valence-electron chi connectivity index (χ1n) is 6.74. The normalized spacial score (nSPS) is 37.1. The van der Waals surface area contributed by atoms with Gasteiger partial charge in [-0.3, -0.25) is 0 Å². The Hall–Kier alpha value is -0.360. The van der Waals surface area contributed by atoms with Crippen molar-refractivity contribution in [1.82, 2.24) is 5.32 Å². The summed E-state index contributed by atoms with van der Waals surface area (Å²) in [5.74, 6) is -0.169. The van der Waals surface area contributed by atoms with Gasteiger partial charge in [0.05, 0.1) is 6.04 Å². The molecule has 0 saturated carbocycles. The van der Waals surface area contributed by atoms with Gasteiger partial charge in [0.1, 0.15) is 0 Å². The molecule has 18 heavy (non-hydrogen) atoms. The summed E-state index contributed by atoms with van der Waals surface area (Å²) in [5, 5.41) is 3.63. The van der Waals surface area contributed by atoms with Crippen LogP contribution < -0.4 is 5.32 Å². The summed E-state index contributed by atoms with van der Waals surface area (Å²) in [6, 6.07) is 0.654. The summed E-state index contributed by atoms with van der Waals surface area (Å²) in [6.45, 7) is 2.21. The van der Waals surface area contributed by atoms with Crippen LogP contribution in [0.2, 0.25) is 0 Å². The van der Waals surface area contributed by atoms with E-state index in [4.69, 9.17) is 4.74 Å². The highest BCUT2D eigenvalue weighted by atomic mass is 127. The largest absolute Gasteiger partial charge is 0.449 e. The van der Waals surface area contributed by atoms with Gasteiger partial charge in [-0.15, -0.1) is 0 Å². The minimum Gasteiger partial charge on any atom is -0.449 e. The maximum Gasteiger partial charge on any atom is 0.332 e. The van der Waals surface area contributed by atoms with Crippen LogP contribution in [0, 0.1) is 0 Å². The second-order valence-corrected chi connectivity index (χ2v) is 6.57. The Morgan fingerprint density at radius 3 is 3.17 bits per heavy atom. The Balaban J connectivity index is 1.85. The number of nitrogens with one attached hydrogen (secondary N) is 1. The van der Waals surface area contributed by atoms with Crippen molar-refractivity contribution >= 4 is 28.6 Å². The molecule has 4 heteroatoms. The van der Waals surface area contributed by atoms with Gasteiger partial charge >= 0.3 is 5.97 Å². The smallest absolute Gasteiger partial charge is 0.332 e. The molecule has 1 N–H and O–H groups in total. The zero-order chi connectivity index (χ0) is 12.8. The third-order valence-corrected chi connectivity index (χ3v) is 5.14. The van der Waals surface area contributed by atoms with Crippen LogP contribution in [0.15, 0.2) is 21.3 Å². The van der Waals surface area contributed by atoms with Crippen LogP contribution >= 0.6 is 22.6 Å². The highest BCUT2D eigenvalue weighted by Crippen LogP contribution is 2.49. The lowest BCUT2D eigenvalue weighted by Gasteiger charge is -2.33. The summed E-state index contributed by atoms with van der Waals surface area (Å²) in [4.78, 5) is 11.7. The summed E-state index contributed by atoms with van der Waals surface area (Å²) in [5.41, 5.74) is 0.747. The molecule has 3 nitrogen and oxygen atoms in total. The monoisotopic (exact) mass is 359 g/mol. The molecule has 1 aliphatic carbocycles. The maximum absolute atomic E-state index is 11.7. The van der Waals surface area contributed by atoms with E-state index in [-0.39, 0.29) is 17.6 Å². The van der Waals surface area contributed by atoms with Gasteiger partial charge in [0.25, 0.3) is 0 Å². The zero-order valence-electron chi connectivity index (χ0n) is 10.5. The predicted molar refractivity (Wildman–Crippen MR) is 78.5 cm³/mol. The molecule has 0 aromatic heterocycles. The Labute approximate surface area is 121 Å². The van der Waals surface area contributed by atoms with Gasteiger partial charge in [-0.1, -0.05) is 32.3 Å². The van der Waals surface area contributed by atoms with Gasteiger partial charge in [0.15, 0.2) is 5.60 Å². The topological polar surface area (TPSA) is 38.3 Å². The lowest BCUT2D eigenvalue weighted by atomic mass is 9.81. The lowest BCUT2D eigenvalue weighted by molar-refractivity contribution is -0.146. The number of hydrogen-bond donors (Lipinski definition) is 1. The van der Waals surface area contributed by atoms with Crippen LogP contribution in [0.25, 0.3) is 0 Å². The van der Waals surface area contributed by atoms with E-state index in [1.165, 1.54) is 22.8 Å². The molecule has 0 radical (unpaired) electrons. The van der Waals surface area contributed by atoms with Crippen molar-refractivity contribution in [2.24, 2.45) is 0 Å². The van der Waals surface area contributed by atoms with Crippen molar-refractivity contribution in [2.75, 3.05) is 0 Å². The van der Waals surface area contributed by atoms with Crippen LogP contribution in [0.5, 0.6) is 0 Å². The average molecular weight is 359 g/mol. The first-order chi connectivity index (χ1) is 8.65. The van der Waals surface area contributed by atoms with Crippen molar-refractivity contribution in [2.45, 2.75) is 56.7 Å². The minimum absolute atomic E-state index is 0.169. The second-order valence-electron chi connectivity index (χ2n) is 5.41. The molecular formula is C14H18INO2. The van der Waals surface area contributed by atoms with E-state index in [1.54, 1.807) is 6.08 Å². The molecule has 98 valence electrons. The lowest BCUT2D eigenvalue weighted by Crippen LogP contribution is -2.44. The summed E-state index contributed by atoms with van der Waals surface area (Å²) in [7, 11) is 0. The fourth-order valence-electron chi connectivity index (χ4n) is 3.39. The van der Waals surface area contributed by atoms with Crippen LogP contribution in [-0.2, 0) is 9.53 Å². The second kappa shape index (κ2) is 4.63. The minimum atomic E-state index is -0.360. The summed E-state index contributed by atoms with van der Waals surface area (Å²) < 4.78 is 6.90. The average Bonchev–Trinajstić information content (AvgIpc) is 2.79. The number of carbonyl (C=O) groups excluding carboxylic acids is 1. The number of rotatable bonds is 4. The molecule has 3 aliphatic rings. The molecule has 2 aliphatic heterocycles. The van der Waals surface area contributed by atoms with E-state index in [0.29, 0.717) is 6.04 Å².